The summed E-state index contributed by atoms with van der Waals surface area (Å²) in [6.07, 6.45) is -6.16. The molecule has 0 spiro atoms. The van der Waals surface area contributed by atoms with E-state index in [1.165, 1.54) is 6.92 Å². The predicted molar refractivity (Wildman–Crippen MR) is 56.8 cm³/mol. The van der Waals surface area contributed by atoms with Crippen LogP contribution < -0.4 is 0 Å². The fourth-order valence-corrected chi connectivity index (χ4v) is 1.64. The number of hydrogen-bond acceptors (Lipinski definition) is 4. The number of hydrazone groups is 1. The molecule has 0 aromatic heterocycles. The SMILES string of the molecule is CCCC1=NN(C(=O)OCC)[C@](O)(C(F)(F)F)C1. The van der Waals surface area contributed by atoms with Crippen molar-refractivity contribution in [1.29, 1.82) is 0 Å². The van der Waals surface area contributed by atoms with Gasteiger partial charge >= 0.3 is 12.3 Å². The molecule has 1 amide bonds. The van der Waals surface area contributed by atoms with Crippen LogP contribution in [0.1, 0.15) is 33.1 Å². The van der Waals surface area contributed by atoms with Gasteiger partial charge in [0.25, 0.3) is 5.72 Å². The van der Waals surface area contributed by atoms with E-state index in [4.69, 9.17) is 0 Å². The number of carbonyl (C=O) groups excluding carboxylic acids is 1. The van der Waals surface area contributed by atoms with Crippen molar-refractivity contribution in [2.24, 2.45) is 5.10 Å². The second-order valence-corrected chi connectivity index (χ2v) is 3.92. The summed E-state index contributed by atoms with van der Waals surface area (Å²) in [5.74, 6) is 0. The van der Waals surface area contributed by atoms with Crippen molar-refractivity contribution >= 4 is 11.8 Å². The van der Waals surface area contributed by atoms with E-state index in [1.54, 1.807) is 6.92 Å². The highest BCUT2D eigenvalue weighted by Gasteiger charge is 2.63. The molecule has 0 saturated carbocycles. The standard InChI is InChI=1S/C10H15F3N2O3/c1-3-5-7-6-9(17,10(11,12)13)15(14-7)8(16)18-4-2/h17H,3-6H2,1-2H3/t9-/m1/s1. The number of aliphatic hydroxyl groups is 1. The Bertz CT molecular complexity index is 357. The molecule has 1 rings (SSSR count). The summed E-state index contributed by atoms with van der Waals surface area (Å²) in [7, 11) is 0. The highest BCUT2D eigenvalue weighted by atomic mass is 19.4. The molecule has 0 aliphatic carbocycles. The fourth-order valence-electron chi connectivity index (χ4n) is 1.64. The van der Waals surface area contributed by atoms with Crippen molar-refractivity contribution in [3.05, 3.63) is 0 Å². The van der Waals surface area contributed by atoms with Crippen molar-refractivity contribution in [3.8, 4) is 0 Å². The molecule has 0 fully saturated rings. The van der Waals surface area contributed by atoms with Crippen molar-refractivity contribution in [2.45, 2.75) is 45.0 Å². The topological polar surface area (TPSA) is 62.1 Å². The number of halogens is 3. The Kier molecular flexibility index (Phi) is 4.20. The third-order valence-electron chi connectivity index (χ3n) is 2.48. The molecule has 0 aromatic carbocycles. The van der Waals surface area contributed by atoms with E-state index in [9.17, 15) is 23.1 Å². The maximum atomic E-state index is 12.8. The molecule has 1 aliphatic heterocycles. The summed E-state index contributed by atoms with van der Waals surface area (Å²) in [4.78, 5) is 11.4. The molecule has 0 radical (unpaired) electrons. The minimum atomic E-state index is -4.99. The van der Waals surface area contributed by atoms with Gasteiger partial charge in [-0.2, -0.15) is 23.3 Å². The summed E-state index contributed by atoms with van der Waals surface area (Å²) >= 11 is 0. The Morgan fingerprint density at radius 2 is 2.17 bits per heavy atom. The van der Waals surface area contributed by atoms with E-state index in [0.29, 0.717) is 6.42 Å². The second kappa shape index (κ2) is 5.13. The molecule has 1 atom stereocenters. The fraction of sp³-hybridized carbons (Fsp3) is 0.800. The Morgan fingerprint density at radius 1 is 1.56 bits per heavy atom. The van der Waals surface area contributed by atoms with Crippen molar-refractivity contribution in [2.75, 3.05) is 6.61 Å². The quantitative estimate of drug-likeness (QED) is 0.854. The van der Waals surface area contributed by atoms with Crippen LogP contribution in [0.3, 0.4) is 0 Å². The predicted octanol–water partition coefficient (Wildman–Crippen LogP) is 2.26. The Hall–Kier alpha value is -1.31. The average Bonchev–Trinajstić information content (AvgIpc) is 2.57. The number of alkyl halides is 3. The largest absolute Gasteiger partial charge is 0.448 e. The van der Waals surface area contributed by atoms with Crippen LogP contribution in [-0.4, -0.2) is 40.4 Å². The van der Waals surface area contributed by atoms with Gasteiger partial charge < -0.3 is 9.84 Å². The molecule has 104 valence electrons. The Labute approximate surface area is 102 Å². The van der Waals surface area contributed by atoms with Gasteiger partial charge in [0, 0.05) is 12.1 Å². The van der Waals surface area contributed by atoms with Crippen LogP contribution >= 0.6 is 0 Å². The lowest BCUT2D eigenvalue weighted by atomic mass is 10.0. The van der Waals surface area contributed by atoms with Crippen LogP contribution in [-0.2, 0) is 4.74 Å². The molecule has 0 saturated heterocycles. The van der Waals surface area contributed by atoms with Gasteiger partial charge in [0.1, 0.15) is 0 Å². The van der Waals surface area contributed by atoms with Crippen molar-refractivity contribution < 1.29 is 27.8 Å². The number of rotatable bonds is 3. The lowest BCUT2D eigenvalue weighted by molar-refractivity contribution is -0.299. The first kappa shape index (κ1) is 14.7. The zero-order chi connectivity index (χ0) is 14.0. The monoisotopic (exact) mass is 268 g/mol. The van der Waals surface area contributed by atoms with Gasteiger partial charge in [0.05, 0.1) is 6.61 Å². The van der Waals surface area contributed by atoms with E-state index < -0.39 is 24.4 Å². The molecule has 8 heteroatoms. The first-order chi connectivity index (χ1) is 8.26. The van der Waals surface area contributed by atoms with Gasteiger partial charge in [-0.25, -0.2) is 4.79 Å². The molecule has 1 heterocycles. The van der Waals surface area contributed by atoms with E-state index in [-0.39, 0.29) is 23.7 Å². The minimum absolute atomic E-state index is 0.0124. The van der Waals surface area contributed by atoms with Gasteiger partial charge in [-0.3, -0.25) is 0 Å². The Balaban J connectivity index is 3.01. The van der Waals surface area contributed by atoms with E-state index in [2.05, 4.69) is 9.84 Å². The highest BCUT2D eigenvalue weighted by molar-refractivity contribution is 5.89. The Morgan fingerprint density at radius 3 is 2.61 bits per heavy atom. The highest BCUT2D eigenvalue weighted by Crippen LogP contribution is 2.41. The van der Waals surface area contributed by atoms with Gasteiger partial charge in [-0.15, -0.1) is 0 Å². The van der Waals surface area contributed by atoms with E-state index in [1.807, 2.05) is 0 Å². The lowest BCUT2D eigenvalue weighted by Gasteiger charge is -2.31. The van der Waals surface area contributed by atoms with Gasteiger partial charge in [-0.1, -0.05) is 13.3 Å². The lowest BCUT2D eigenvalue weighted by Crippen LogP contribution is -2.56. The maximum Gasteiger partial charge on any atom is 0.439 e. The smallest absolute Gasteiger partial charge is 0.439 e. The van der Waals surface area contributed by atoms with E-state index in [0.717, 1.165) is 0 Å². The number of hydrogen-bond donors (Lipinski definition) is 1. The number of amides is 1. The number of nitrogens with zero attached hydrogens (tertiary/aromatic N) is 2. The average molecular weight is 268 g/mol. The van der Waals surface area contributed by atoms with Crippen LogP contribution in [0.2, 0.25) is 0 Å². The molecule has 0 bridgehead atoms. The molecule has 0 unspecified atom stereocenters. The zero-order valence-corrected chi connectivity index (χ0v) is 10.1. The van der Waals surface area contributed by atoms with Crippen LogP contribution in [0.25, 0.3) is 0 Å². The molecular formula is C10H15F3N2O3. The van der Waals surface area contributed by atoms with Crippen molar-refractivity contribution in [3.63, 3.8) is 0 Å². The third-order valence-corrected chi connectivity index (χ3v) is 2.48. The second-order valence-electron chi connectivity index (χ2n) is 3.92. The minimum Gasteiger partial charge on any atom is -0.448 e. The van der Waals surface area contributed by atoms with Gasteiger partial charge in [0.15, 0.2) is 0 Å². The number of carbonyl (C=O) groups is 1. The van der Waals surface area contributed by atoms with E-state index >= 15 is 0 Å². The number of ether oxygens (including phenoxy) is 1. The van der Waals surface area contributed by atoms with Crippen LogP contribution in [0.5, 0.6) is 0 Å². The first-order valence-corrected chi connectivity index (χ1v) is 5.58. The summed E-state index contributed by atoms with van der Waals surface area (Å²) in [5.41, 5.74) is -3.17. The molecular weight excluding hydrogens is 253 g/mol. The first-order valence-electron chi connectivity index (χ1n) is 5.58. The molecule has 1 aliphatic rings. The molecule has 18 heavy (non-hydrogen) atoms. The summed E-state index contributed by atoms with van der Waals surface area (Å²) in [5, 5.41) is 13.2. The maximum absolute atomic E-state index is 12.8. The third kappa shape index (κ3) is 2.58. The summed E-state index contributed by atoms with van der Waals surface area (Å²) < 4.78 is 43.0. The molecule has 1 N–H and O–H groups in total. The zero-order valence-electron chi connectivity index (χ0n) is 10.1. The van der Waals surface area contributed by atoms with Crippen molar-refractivity contribution in [1.82, 2.24) is 5.01 Å². The molecule has 5 nitrogen and oxygen atoms in total. The normalized spacial score (nSPS) is 24.1. The summed E-state index contributed by atoms with van der Waals surface area (Å²) in [6.45, 7) is 3.13. The van der Waals surface area contributed by atoms with Crippen LogP contribution in [0, 0.1) is 0 Å². The molecule has 0 aromatic rings. The van der Waals surface area contributed by atoms with Crippen LogP contribution in [0.4, 0.5) is 18.0 Å². The summed E-state index contributed by atoms with van der Waals surface area (Å²) in [6, 6.07) is 0. The van der Waals surface area contributed by atoms with Crippen LogP contribution in [0.15, 0.2) is 5.10 Å². The van der Waals surface area contributed by atoms with Gasteiger partial charge in [-0.05, 0) is 13.3 Å². The van der Waals surface area contributed by atoms with Gasteiger partial charge in [0.2, 0.25) is 0 Å².